The number of likely N-dealkylation sites (tertiary alicyclic amines) is 1. The molecule has 0 aromatic heterocycles. The van der Waals surface area contributed by atoms with E-state index in [4.69, 9.17) is 4.74 Å². The number of aliphatic hydroxyl groups excluding tert-OH is 1. The van der Waals surface area contributed by atoms with E-state index in [9.17, 15) is 5.11 Å². The molecule has 1 heterocycles. The van der Waals surface area contributed by atoms with Crippen molar-refractivity contribution in [3.63, 3.8) is 0 Å². The van der Waals surface area contributed by atoms with E-state index in [0.29, 0.717) is 6.61 Å². The molecule has 0 bridgehead atoms. The second kappa shape index (κ2) is 9.73. The summed E-state index contributed by atoms with van der Waals surface area (Å²) in [6, 6.07) is 8.23. The van der Waals surface area contributed by atoms with Crippen LogP contribution in [0.4, 0.5) is 0 Å². The number of benzene rings is 1. The third-order valence-corrected chi connectivity index (χ3v) is 5.35. The number of ether oxygens (including phenoxy) is 1. The third-order valence-electron chi connectivity index (χ3n) is 4.68. The Kier molecular flexibility index (Phi) is 7.97. The highest BCUT2D eigenvalue weighted by molar-refractivity contribution is 14.1. The van der Waals surface area contributed by atoms with E-state index < -0.39 is 0 Å². The Bertz CT molecular complexity index is 433. The summed E-state index contributed by atoms with van der Waals surface area (Å²) in [7, 11) is 0. The Morgan fingerprint density at radius 2 is 1.82 bits per heavy atom. The molecule has 0 aliphatic carbocycles. The molecule has 124 valence electrons. The van der Waals surface area contributed by atoms with Crippen LogP contribution in [0.1, 0.15) is 38.5 Å². The van der Waals surface area contributed by atoms with Crippen molar-refractivity contribution in [2.75, 3.05) is 39.4 Å². The van der Waals surface area contributed by atoms with Gasteiger partial charge in [0.15, 0.2) is 0 Å². The minimum atomic E-state index is 0.337. The van der Waals surface area contributed by atoms with Gasteiger partial charge < -0.3 is 14.3 Å². The van der Waals surface area contributed by atoms with Crippen molar-refractivity contribution in [2.24, 2.45) is 0 Å². The lowest BCUT2D eigenvalue weighted by atomic mass is 10.2. The zero-order chi connectivity index (χ0) is 15.7. The van der Waals surface area contributed by atoms with Gasteiger partial charge in [-0.2, -0.15) is 0 Å². The molecule has 1 N–H and O–H groups in total. The van der Waals surface area contributed by atoms with Crippen molar-refractivity contribution in [1.82, 2.24) is 0 Å². The molecule has 1 aromatic rings. The Morgan fingerprint density at radius 3 is 2.55 bits per heavy atom. The number of halogens is 1. The highest BCUT2D eigenvalue weighted by Gasteiger charge is 2.30. The summed E-state index contributed by atoms with van der Waals surface area (Å²) in [4.78, 5) is 0. The van der Waals surface area contributed by atoms with Crippen molar-refractivity contribution in [2.45, 2.75) is 38.5 Å². The van der Waals surface area contributed by atoms with Gasteiger partial charge in [-0.15, -0.1) is 0 Å². The molecular weight excluding hydrogens is 389 g/mol. The van der Waals surface area contributed by atoms with Crippen molar-refractivity contribution in [1.29, 1.82) is 0 Å². The zero-order valence-corrected chi connectivity index (χ0v) is 15.6. The van der Waals surface area contributed by atoms with Crippen LogP contribution in [0.3, 0.4) is 0 Å². The molecule has 0 spiro atoms. The highest BCUT2D eigenvalue weighted by Crippen LogP contribution is 2.20. The first-order valence-electron chi connectivity index (χ1n) is 8.58. The molecule has 3 nitrogen and oxygen atoms in total. The first-order chi connectivity index (χ1) is 10.7. The average Bonchev–Trinajstić information content (AvgIpc) is 2.95. The number of rotatable bonds is 10. The number of unbranched alkanes of at least 4 members (excludes halogenated alkanes) is 3. The molecule has 0 unspecified atom stereocenters. The van der Waals surface area contributed by atoms with E-state index in [2.05, 4.69) is 34.7 Å². The van der Waals surface area contributed by atoms with Crippen LogP contribution in [0.5, 0.6) is 5.75 Å². The van der Waals surface area contributed by atoms with Gasteiger partial charge in [-0.05, 0) is 66.5 Å². The van der Waals surface area contributed by atoms with E-state index in [1.807, 2.05) is 12.1 Å². The normalized spacial score (nSPS) is 16.8. The fraction of sp³-hybridized carbons (Fsp3) is 0.667. The van der Waals surface area contributed by atoms with E-state index >= 15 is 0 Å². The molecule has 1 aromatic carbocycles. The standard InChI is InChI=1S/C18H29INO2/c19-17-8-7-9-18(16-17)22-15-6-2-1-3-10-20(13-14-21)11-4-5-12-20/h7-9,16,21H,1-6,10-15H2/q+1. The molecule has 1 fully saturated rings. The molecule has 1 aliphatic heterocycles. The smallest absolute Gasteiger partial charge is 0.120 e. The number of aliphatic hydroxyl groups is 1. The summed E-state index contributed by atoms with van der Waals surface area (Å²) in [6.45, 7) is 5.90. The highest BCUT2D eigenvalue weighted by atomic mass is 127. The van der Waals surface area contributed by atoms with Crippen LogP contribution in [-0.4, -0.2) is 49.0 Å². The number of hydrogen-bond acceptors (Lipinski definition) is 2. The molecule has 0 saturated carbocycles. The van der Waals surface area contributed by atoms with Crippen LogP contribution in [0, 0.1) is 3.57 Å². The molecule has 0 radical (unpaired) electrons. The van der Waals surface area contributed by atoms with Crippen molar-refractivity contribution >= 4 is 22.6 Å². The van der Waals surface area contributed by atoms with Crippen LogP contribution in [-0.2, 0) is 0 Å². The van der Waals surface area contributed by atoms with Crippen LogP contribution in [0.25, 0.3) is 0 Å². The van der Waals surface area contributed by atoms with Gasteiger partial charge in [0.2, 0.25) is 0 Å². The monoisotopic (exact) mass is 418 g/mol. The molecule has 0 atom stereocenters. The predicted octanol–water partition coefficient (Wildman–Crippen LogP) is 3.83. The quantitative estimate of drug-likeness (QED) is 0.356. The number of quaternary nitrogens is 1. The fourth-order valence-electron chi connectivity index (χ4n) is 3.43. The van der Waals surface area contributed by atoms with Gasteiger partial charge in [0, 0.05) is 16.4 Å². The Labute approximate surface area is 148 Å². The summed E-state index contributed by atoms with van der Waals surface area (Å²) in [5.41, 5.74) is 0. The second-order valence-electron chi connectivity index (χ2n) is 6.39. The topological polar surface area (TPSA) is 29.5 Å². The summed E-state index contributed by atoms with van der Waals surface area (Å²) >= 11 is 2.31. The lowest BCUT2D eigenvalue weighted by Crippen LogP contribution is -2.47. The SMILES string of the molecule is OCC[N+]1(CCCCCCOc2cccc(I)c2)CCCC1. The number of hydrogen-bond donors (Lipinski definition) is 1. The lowest BCUT2D eigenvalue weighted by Gasteiger charge is -2.33. The summed E-state index contributed by atoms with van der Waals surface area (Å²) in [5, 5.41) is 9.26. The molecular formula is C18H29INO2+. The first-order valence-corrected chi connectivity index (χ1v) is 9.66. The first kappa shape index (κ1) is 18.0. The van der Waals surface area contributed by atoms with Gasteiger partial charge in [0.1, 0.15) is 12.3 Å². The van der Waals surface area contributed by atoms with Crippen LogP contribution in [0.2, 0.25) is 0 Å². The maximum Gasteiger partial charge on any atom is 0.120 e. The van der Waals surface area contributed by atoms with Gasteiger partial charge in [0.25, 0.3) is 0 Å². The van der Waals surface area contributed by atoms with E-state index in [-0.39, 0.29) is 0 Å². The van der Waals surface area contributed by atoms with Crippen molar-refractivity contribution in [3.05, 3.63) is 27.8 Å². The van der Waals surface area contributed by atoms with Crippen LogP contribution in [0.15, 0.2) is 24.3 Å². The van der Waals surface area contributed by atoms with E-state index in [0.717, 1.165) is 29.8 Å². The maximum atomic E-state index is 9.26. The summed E-state index contributed by atoms with van der Waals surface area (Å²) < 4.78 is 8.17. The second-order valence-corrected chi connectivity index (χ2v) is 7.63. The van der Waals surface area contributed by atoms with Gasteiger partial charge in [-0.1, -0.05) is 6.07 Å². The van der Waals surface area contributed by atoms with Gasteiger partial charge in [0.05, 0.1) is 32.8 Å². The Balaban J connectivity index is 1.54. The Hall–Kier alpha value is -0.330. The lowest BCUT2D eigenvalue weighted by molar-refractivity contribution is -0.917. The Morgan fingerprint density at radius 1 is 1.05 bits per heavy atom. The zero-order valence-electron chi connectivity index (χ0n) is 13.5. The van der Waals surface area contributed by atoms with Crippen molar-refractivity contribution in [3.8, 4) is 5.75 Å². The predicted molar refractivity (Wildman–Crippen MR) is 99.2 cm³/mol. The van der Waals surface area contributed by atoms with Crippen LogP contribution < -0.4 is 4.74 Å². The molecule has 0 amide bonds. The number of nitrogens with zero attached hydrogens (tertiary/aromatic N) is 1. The minimum absolute atomic E-state index is 0.337. The summed E-state index contributed by atoms with van der Waals surface area (Å²) in [6.07, 6.45) is 7.60. The van der Waals surface area contributed by atoms with Gasteiger partial charge in [-0.3, -0.25) is 0 Å². The van der Waals surface area contributed by atoms with Gasteiger partial charge in [-0.25, -0.2) is 0 Å². The fourth-order valence-corrected chi connectivity index (χ4v) is 3.94. The third kappa shape index (κ3) is 6.05. The summed E-state index contributed by atoms with van der Waals surface area (Å²) in [5.74, 6) is 0.983. The minimum Gasteiger partial charge on any atom is -0.494 e. The molecule has 1 aliphatic rings. The molecule has 1 saturated heterocycles. The van der Waals surface area contributed by atoms with E-state index in [1.54, 1.807) is 0 Å². The maximum absolute atomic E-state index is 9.26. The van der Waals surface area contributed by atoms with E-state index in [1.165, 1.54) is 55.3 Å². The molecule has 2 rings (SSSR count). The van der Waals surface area contributed by atoms with Gasteiger partial charge >= 0.3 is 0 Å². The van der Waals surface area contributed by atoms with Crippen molar-refractivity contribution < 1.29 is 14.3 Å². The largest absolute Gasteiger partial charge is 0.494 e. The average molecular weight is 418 g/mol. The molecule has 22 heavy (non-hydrogen) atoms. The molecule has 4 heteroatoms. The van der Waals surface area contributed by atoms with Crippen LogP contribution >= 0.6 is 22.6 Å².